The molecular formula is C13H23N3O2. The van der Waals surface area contributed by atoms with Crippen LogP contribution in [-0.4, -0.2) is 65.4 Å². The second-order valence-electron chi connectivity index (χ2n) is 5.87. The number of rotatable bonds is 3. The van der Waals surface area contributed by atoms with E-state index in [2.05, 4.69) is 13.8 Å². The zero-order chi connectivity index (χ0) is 13.4. The first kappa shape index (κ1) is 13.2. The fourth-order valence-corrected chi connectivity index (χ4v) is 2.81. The average Bonchev–Trinajstić information content (AvgIpc) is 2.60. The molecule has 5 nitrogen and oxygen atoms in total. The van der Waals surface area contributed by atoms with Gasteiger partial charge in [0.2, 0.25) is 5.91 Å². The summed E-state index contributed by atoms with van der Waals surface area (Å²) in [4.78, 5) is 29.6. The maximum absolute atomic E-state index is 12.3. The summed E-state index contributed by atoms with van der Waals surface area (Å²) in [5, 5.41) is 0. The van der Waals surface area contributed by atoms with Gasteiger partial charge in [-0.25, -0.2) is 4.79 Å². The molecule has 5 heteroatoms. The minimum Gasteiger partial charge on any atom is -0.342 e. The Morgan fingerprint density at radius 1 is 1.28 bits per heavy atom. The van der Waals surface area contributed by atoms with E-state index in [0.29, 0.717) is 12.5 Å². The van der Waals surface area contributed by atoms with Crippen LogP contribution >= 0.6 is 0 Å². The molecule has 0 bridgehead atoms. The van der Waals surface area contributed by atoms with E-state index in [1.54, 1.807) is 9.80 Å². The molecule has 2 atom stereocenters. The number of urea groups is 1. The lowest BCUT2D eigenvalue weighted by Gasteiger charge is -2.38. The van der Waals surface area contributed by atoms with Crippen molar-refractivity contribution in [3.05, 3.63) is 0 Å². The summed E-state index contributed by atoms with van der Waals surface area (Å²) in [5.41, 5.74) is 0. The maximum Gasteiger partial charge on any atom is 0.321 e. The quantitative estimate of drug-likeness (QED) is 0.753. The zero-order valence-corrected chi connectivity index (χ0v) is 11.7. The van der Waals surface area contributed by atoms with Gasteiger partial charge in [-0.1, -0.05) is 13.8 Å². The summed E-state index contributed by atoms with van der Waals surface area (Å²) in [6.07, 6.45) is 1.02. The number of likely N-dealkylation sites (N-methyl/N-ethyl adjacent to an activating group) is 1. The molecule has 2 aliphatic heterocycles. The van der Waals surface area contributed by atoms with E-state index in [0.717, 1.165) is 19.5 Å². The van der Waals surface area contributed by atoms with E-state index in [1.165, 1.54) is 0 Å². The lowest BCUT2D eigenvalue weighted by atomic mass is 10.1. The second kappa shape index (κ2) is 4.78. The molecule has 0 unspecified atom stereocenters. The monoisotopic (exact) mass is 253 g/mol. The first-order valence-electron chi connectivity index (χ1n) is 6.74. The van der Waals surface area contributed by atoms with E-state index < -0.39 is 0 Å². The van der Waals surface area contributed by atoms with Crippen molar-refractivity contribution in [2.24, 2.45) is 5.92 Å². The van der Waals surface area contributed by atoms with E-state index >= 15 is 0 Å². The normalized spacial score (nSPS) is 28.4. The Morgan fingerprint density at radius 3 is 2.56 bits per heavy atom. The zero-order valence-electron chi connectivity index (χ0n) is 11.7. The molecule has 2 rings (SSSR count). The molecule has 2 fully saturated rings. The Hall–Kier alpha value is -1.26. The van der Waals surface area contributed by atoms with Crippen LogP contribution in [0.1, 0.15) is 27.2 Å². The Morgan fingerprint density at radius 2 is 1.94 bits per heavy atom. The summed E-state index contributed by atoms with van der Waals surface area (Å²) < 4.78 is 0. The fraction of sp³-hybridized carbons (Fsp3) is 0.846. The van der Waals surface area contributed by atoms with Gasteiger partial charge in [0, 0.05) is 26.7 Å². The van der Waals surface area contributed by atoms with Crippen molar-refractivity contribution in [3.63, 3.8) is 0 Å². The van der Waals surface area contributed by atoms with Crippen molar-refractivity contribution in [2.75, 3.05) is 26.7 Å². The summed E-state index contributed by atoms with van der Waals surface area (Å²) >= 11 is 0. The molecule has 102 valence electrons. The van der Waals surface area contributed by atoms with Crippen LogP contribution < -0.4 is 0 Å². The van der Waals surface area contributed by atoms with Crippen LogP contribution in [0.3, 0.4) is 0 Å². The van der Waals surface area contributed by atoms with Crippen molar-refractivity contribution >= 4 is 11.9 Å². The highest BCUT2D eigenvalue weighted by atomic mass is 16.2. The van der Waals surface area contributed by atoms with Gasteiger partial charge in [0.05, 0.1) is 6.04 Å². The number of carbonyl (C=O) groups excluding carboxylic acids is 2. The van der Waals surface area contributed by atoms with E-state index in [4.69, 9.17) is 0 Å². The lowest BCUT2D eigenvalue weighted by molar-refractivity contribution is -0.139. The minimum absolute atomic E-state index is 0.0367. The van der Waals surface area contributed by atoms with Gasteiger partial charge in [-0.2, -0.15) is 0 Å². The van der Waals surface area contributed by atoms with Crippen molar-refractivity contribution < 1.29 is 9.59 Å². The number of piperazine rings is 1. The Labute approximate surface area is 109 Å². The highest BCUT2D eigenvalue weighted by Crippen LogP contribution is 2.25. The fourth-order valence-electron chi connectivity index (χ4n) is 2.81. The van der Waals surface area contributed by atoms with Gasteiger partial charge in [-0.3, -0.25) is 4.79 Å². The Bertz CT molecular complexity index is 356. The van der Waals surface area contributed by atoms with Crippen LogP contribution in [0.25, 0.3) is 0 Å². The van der Waals surface area contributed by atoms with Crippen LogP contribution in [0, 0.1) is 5.92 Å². The molecule has 2 aliphatic rings. The Kier molecular flexibility index (Phi) is 3.50. The van der Waals surface area contributed by atoms with Crippen molar-refractivity contribution in [1.29, 1.82) is 0 Å². The molecule has 0 spiro atoms. The maximum atomic E-state index is 12.3. The van der Waals surface area contributed by atoms with Crippen LogP contribution in [0.15, 0.2) is 0 Å². The molecule has 0 N–H and O–H groups in total. The van der Waals surface area contributed by atoms with Gasteiger partial charge in [0.25, 0.3) is 0 Å². The van der Waals surface area contributed by atoms with Gasteiger partial charge in [-0.05, 0) is 19.3 Å². The third-order valence-electron chi connectivity index (χ3n) is 3.93. The highest BCUT2D eigenvalue weighted by molar-refractivity contribution is 5.89. The molecule has 3 amide bonds. The number of hydrogen-bond acceptors (Lipinski definition) is 2. The smallest absolute Gasteiger partial charge is 0.321 e. The minimum atomic E-state index is -0.315. The number of amides is 3. The highest BCUT2D eigenvalue weighted by Gasteiger charge is 2.46. The molecule has 0 aromatic heterocycles. The van der Waals surface area contributed by atoms with Gasteiger partial charge >= 0.3 is 6.03 Å². The molecule has 2 heterocycles. The second-order valence-corrected chi connectivity index (χ2v) is 5.87. The first-order valence-corrected chi connectivity index (χ1v) is 6.74. The summed E-state index contributed by atoms with van der Waals surface area (Å²) in [6.45, 7) is 8.37. The van der Waals surface area contributed by atoms with E-state index in [-0.39, 0.29) is 24.0 Å². The third kappa shape index (κ3) is 2.18. The third-order valence-corrected chi connectivity index (χ3v) is 3.93. The van der Waals surface area contributed by atoms with Crippen molar-refractivity contribution in [2.45, 2.75) is 39.3 Å². The SMILES string of the molecule is CC(C)CCN1C[C@@H]2CN(C)C(=O)[C@H](C)N2C1=O. The number of nitrogens with zero attached hydrogens (tertiary/aromatic N) is 3. The molecule has 18 heavy (non-hydrogen) atoms. The van der Waals surface area contributed by atoms with Gasteiger partial charge in [-0.15, -0.1) is 0 Å². The predicted molar refractivity (Wildman–Crippen MR) is 69.2 cm³/mol. The first-order chi connectivity index (χ1) is 8.41. The van der Waals surface area contributed by atoms with Crippen molar-refractivity contribution in [1.82, 2.24) is 14.7 Å². The largest absolute Gasteiger partial charge is 0.342 e. The van der Waals surface area contributed by atoms with Gasteiger partial charge < -0.3 is 14.7 Å². The topological polar surface area (TPSA) is 43.9 Å². The summed E-state index contributed by atoms with van der Waals surface area (Å²) in [6, 6.07) is -0.109. The van der Waals surface area contributed by atoms with E-state index in [9.17, 15) is 9.59 Å². The van der Waals surface area contributed by atoms with Crippen molar-refractivity contribution in [3.8, 4) is 0 Å². The standard InChI is InChI=1S/C13H23N3O2/c1-9(2)5-6-15-8-11-7-14(4)12(17)10(3)16(11)13(15)18/h9-11H,5-8H2,1-4H3/t10-,11-/m0/s1. The van der Waals surface area contributed by atoms with Crippen LogP contribution in [0.5, 0.6) is 0 Å². The average molecular weight is 253 g/mol. The summed E-state index contributed by atoms with van der Waals surface area (Å²) in [5.74, 6) is 0.641. The molecule has 0 radical (unpaired) electrons. The molecule has 0 aromatic carbocycles. The van der Waals surface area contributed by atoms with Crippen LogP contribution in [-0.2, 0) is 4.79 Å². The molecule has 0 aliphatic carbocycles. The van der Waals surface area contributed by atoms with Gasteiger partial charge in [0.15, 0.2) is 0 Å². The van der Waals surface area contributed by atoms with E-state index in [1.807, 2.05) is 18.9 Å². The van der Waals surface area contributed by atoms with Crippen LogP contribution in [0.2, 0.25) is 0 Å². The number of carbonyl (C=O) groups is 2. The number of hydrogen-bond donors (Lipinski definition) is 0. The number of fused-ring (bicyclic) bond motifs is 1. The van der Waals surface area contributed by atoms with Gasteiger partial charge in [0.1, 0.15) is 6.04 Å². The molecule has 0 saturated carbocycles. The summed E-state index contributed by atoms with van der Waals surface area (Å²) in [7, 11) is 1.82. The molecule has 0 aromatic rings. The molecule has 2 saturated heterocycles. The Balaban J connectivity index is 2.06. The lowest BCUT2D eigenvalue weighted by Crippen LogP contribution is -2.58. The predicted octanol–water partition coefficient (Wildman–Crippen LogP) is 0.999. The molecular weight excluding hydrogens is 230 g/mol. The van der Waals surface area contributed by atoms with Crippen LogP contribution in [0.4, 0.5) is 4.79 Å².